The zero-order chi connectivity index (χ0) is 24.6. The van der Waals surface area contributed by atoms with Gasteiger partial charge in [0, 0.05) is 23.2 Å². The topological polar surface area (TPSA) is 85.7 Å². The molecule has 35 heavy (non-hydrogen) atoms. The Kier molecular flexibility index (Phi) is 5.74. The van der Waals surface area contributed by atoms with Crippen molar-refractivity contribution in [3.63, 3.8) is 0 Å². The summed E-state index contributed by atoms with van der Waals surface area (Å²) in [5, 5.41) is 0.663. The summed E-state index contributed by atoms with van der Waals surface area (Å²) in [6.07, 6.45) is 3.57. The molecular formula is C27H22N2O5S. The first-order chi connectivity index (χ1) is 16.9. The second-order valence-electron chi connectivity index (χ2n) is 8.26. The van der Waals surface area contributed by atoms with Gasteiger partial charge in [0.15, 0.2) is 0 Å². The number of cyclic esters (lactones) is 1. The molecule has 1 saturated heterocycles. The summed E-state index contributed by atoms with van der Waals surface area (Å²) in [4.78, 5) is 26.6. The highest BCUT2D eigenvalue weighted by molar-refractivity contribution is 7.90. The Morgan fingerprint density at radius 2 is 1.66 bits per heavy atom. The number of para-hydroxylation sites is 1. The third kappa shape index (κ3) is 4.13. The summed E-state index contributed by atoms with van der Waals surface area (Å²) in [5.41, 5.74) is 2.77. The van der Waals surface area contributed by atoms with Crippen molar-refractivity contribution in [2.75, 3.05) is 6.61 Å². The predicted molar refractivity (Wildman–Crippen MR) is 132 cm³/mol. The third-order valence-electron chi connectivity index (χ3n) is 5.99. The molecule has 4 aromatic rings. The van der Waals surface area contributed by atoms with Gasteiger partial charge in [0.1, 0.15) is 12.6 Å². The summed E-state index contributed by atoms with van der Waals surface area (Å²) in [6.45, 7) is 1.97. The number of aromatic nitrogens is 1. The number of imide groups is 1. The zero-order valence-electron chi connectivity index (χ0n) is 18.9. The van der Waals surface area contributed by atoms with Gasteiger partial charge in [0.25, 0.3) is 15.9 Å². The molecule has 176 valence electrons. The number of benzene rings is 3. The molecular weight excluding hydrogens is 464 g/mol. The third-order valence-corrected chi connectivity index (χ3v) is 7.67. The van der Waals surface area contributed by atoms with Gasteiger partial charge in [-0.1, -0.05) is 66.2 Å². The van der Waals surface area contributed by atoms with Gasteiger partial charge >= 0.3 is 6.09 Å². The van der Waals surface area contributed by atoms with Crippen LogP contribution in [0.3, 0.4) is 0 Å². The normalized spacial score (nSPS) is 16.2. The molecule has 0 saturated carbocycles. The molecule has 0 spiro atoms. The molecule has 1 aromatic heterocycles. The number of rotatable bonds is 5. The van der Waals surface area contributed by atoms with Crippen molar-refractivity contribution in [3.8, 4) is 0 Å². The number of ether oxygens (including phenoxy) is 1. The largest absolute Gasteiger partial charge is 0.446 e. The Hall–Kier alpha value is -4.17. The van der Waals surface area contributed by atoms with Crippen LogP contribution in [-0.2, 0) is 19.6 Å². The molecule has 1 aliphatic heterocycles. The number of hydrogen-bond acceptors (Lipinski definition) is 5. The minimum Gasteiger partial charge on any atom is -0.446 e. The van der Waals surface area contributed by atoms with Crippen molar-refractivity contribution in [1.29, 1.82) is 0 Å². The molecule has 2 amide bonds. The monoisotopic (exact) mass is 486 g/mol. The summed E-state index contributed by atoms with van der Waals surface area (Å²) in [5.74, 6) is -0.542. The Balaban J connectivity index is 1.50. The molecule has 5 rings (SSSR count). The first kappa shape index (κ1) is 22.6. The number of carbonyl (C=O) groups excluding carboxylic acids is 2. The number of hydrogen-bond donors (Lipinski definition) is 0. The van der Waals surface area contributed by atoms with E-state index in [0.29, 0.717) is 16.5 Å². The average Bonchev–Trinajstić information content (AvgIpc) is 3.44. The van der Waals surface area contributed by atoms with E-state index in [4.69, 9.17) is 4.74 Å². The van der Waals surface area contributed by atoms with Crippen LogP contribution in [0, 0.1) is 6.92 Å². The van der Waals surface area contributed by atoms with E-state index >= 15 is 0 Å². The molecule has 8 heteroatoms. The van der Waals surface area contributed by atoms with E-state index in [-0.39, 0.29) is 11.5 Å². The summed E-state index contributed by atoms with van der Waals surface area (Å²) in [7, 11) is -3.86. The Morgan fingerprint density at radius 3 is 2.40 bits per heavy atom. The molecule has 0 radical (unpaired) electrons. The number of aryl methyl sites for hydroxylation is 1. The second kappa shape index (κ2) is 8.88. The van der Waals surface area contributed by atoms with Crippen molar-refractivity contribution in [1.82, 2.24) is 8.87 Å². The van der Waals surface area contributed by atoms with E-state index in [9.17, 15) is 18.0 Å². The molecule has 1 fully saturated rings. The molecule has 7 nitrogen and oxygen atoms in total. The SMILES string of the molecule is Cc1ccc(S(=O)(=O)n2cc(C=CC(=O)N3C(=O)OCC3c3ccccc3)c3ccccc32)cc1. The van der Waals surface area contributed by atoms with Crippen LogP contribution in [-0.4, -0.2) is 35.9 Å². The fourth-order valence-electron chi connectivity index (χ4n) is 4.16. The van der Waals surface area contributed by atoms with Crippen molar-refractivity contribution in [2.45, 2.75) is 17.9 Å². The smallest absolute Gasteiger partial charge is 0.417 e. The lowest BCUT2D eigenvalue weighted by Crippen LogP contribution is -2.32. The number of nitrogens with zero attached hydrogens (tertiary/aromatic N) is 2. The van der Waals surface area contributed by atoms with Crippen molar-refractivity contribution in [3.05, 3.63) is 108 Å². The zero-order valence-corrected chi connectivity index (χ0v) is 19.7. The van der Waals surface area contributed by atoms with E-state index in [1.54, 1.807) is 48.5 Å². The van der Waals surface area contributed by atoms with Gasteiger partial charge in [0.05, 0.1) is 10.4 Å². The first-order valence-electron chi connectivity index (χ1n) is 11.0. The van der Waals surface area contributed by atoms with Crippen LogP contribution in [0.4, 0.5) is 4.79 Å². The number of amides is 2. The van der Waals surface area contributed by atoms with Gasteiger partial charge in [-0.05, 0) is 36.8 Å². The van der Waals surface area contributed by atoms with Gasteiger partial charge in [-0.2, -0.15) is 0 Å². The molecule has 0 bridgehead atoms. The highest BCUT2D eigenvalue weighted by atomic mass is 32.2. The predicted octanol–water partition coefficient (Wildman–Crippen LogP) is 4.92. The number of carbonyl (C=O) groups is 2. The van der Waals surface area contributed by atoms with Gasteiger partial charge in [-0.3, -0.25) is 4.79 Å². The van der Waals surface area contributed by atoms with E-state index in [1.807, 2.05) is 37.3 Å². The lowest BCUT2D eigenvalue weighted by Gasteiger charge is -2.18. The van der Waals surface area contributed by atoms with Crippen LogP contribution in [0.1, 0.15) is 22.7 Å². The molecule has 2 heterocycles. The van der Waals surface area contributed by atoms with Crippen LogP contribution in [0.15, 0.2) is 96.0 Å². The summed E-state index contributed by atoms with van der Waals surface area (Å²) < 4.78 is 33.1. The van der Waals surface area contributed by atoms with Crippen LogP contribution in [0.25, 0.3) is 17.0 Å². The fraction of sp³-hybridized carbons (Fsp3) is 0.111. The first-order valence-corrected chi connectivity index (χ1v) is 12.5. The maximum atomic E-state index is 13.4. The molecule has 3 aromatic carbocycles. The number of fused-ring (bicyclic) bond motifs is 1. The minimum absolute atomic E-state index is 0.0799. The van der Waals surface area contributed by atoms with Crippen LogP contribution >= 0.6 is 0 Å². The maximum absolute atomic E-state index is 13.4. The van der Waals surface area contributed by atoms with Gasteiger partial charge in [-0.15, -0.1) is 0 Å². The molecule has 1 atom stereocenters. The van der Waals surface area contributed by atoms with Crippen molar-refractivity contribution >= 4 is 39.0 Å². The highest BCUT2D eigenvalue weighted by Crippen LogP contribution is 2.30. The van der Waals surface area contributed by atoms with E-state index in [0.717, 1.165) is 16.0 Å². The molecule has 1 unspecified atom stereocenters. The quantitative estimate of drug-likeness (QED) is 0.374. The maximum Gasteiger partial charge on any atom is 0.417 e. The van der Waals surface area contributed by atoms with E-state index in [1.165, 1.54) is 22.3 Å². The van der Waals surface area contributed by atoms with E-state index < -0.39 is 28.1 Å². The van der Waals surface area contributed by atoms with Crippen LogP contribution in [0.2, 0.25) is 0 Å². The van der Waals surface area contributed by atoms with Crippen molar-refractivity contribution in [2.24, 2.45) is 0 Å². The fourth-order valence-corrected chi connectivity index (χ4v) is 5.54. The Labute approximate surface area is 202 Å². The summed E-state index contributed by atoms with van der Waals surface area (Å²) >= 11 is 0. The van der Waals surface area contributed by atoms with Crippen LogP contribution in [0.5, 0.6) is 0 Å². The Morgan fingerprint density at radius 1 is 0.971 bits per heavy atom. The average molecular weight is 487 g/mol. The standard InChI is InChI=1S/C27H22N2O5S/c1-19-11-14-22(15-12-19)35(32,33)28-17-21(23-9-5-6-10-24(23)28)13-16-26(30)29-25(18-34-27(29)31)20-7-3-2-4-8-20/h2-17,25H,18H2,1H3. The van der Waals surface area contributed by atoms with Crippen molar-refractivity contribution < 1.29 is 22.7 Å². The molecule has 0 N–H and O–H groups in total. The van der Waals surface area contributed by atoms with Gasteiger partial charge in [-0.25, -0.2) is 22.1 Å². The molecule has 0 aliphatic carbocycles. The Bertz CT molecular complexity index is 1550. The lowest BCUT2D eigenvalue weighted by atomic mass is 10.1. The summed E-state index contributed by atoms with van der Waals surface area (Å²) in [6, 6.07) is 22.4. The van der Waals surface area contributed by atoms with Gasteiger partial charge in [0.2, 0.25) is 0 Å². The minimum atomic E-state index is -3.86. The molecule has 1 aliphatic rings. The second-order valence-corrected chi connectivity index (χ2v) is 10.1. The lowest BCUT2D eigenvalue weighted by molar-refractivity contribution is -0.124. The van der Waals surface area contributed by atoms with E-state index in [2.05, 4.69) is 0 Å². The van der Waals surface area contributed by atoms with Crippen LogP contribution < -0.4 is 0 Å². The highest BCUT2D eigenvalue weighted by Gasteiger charge is 2.37. The van der Waals surface area contributed by atoms with Gasteiger partial charge < -0.3 is 4.74 Å².